The minimum Gasteiger partial charge on any atom is -0.492 e. The molecule has 1 fully saturated rings. The van der Waals surface area contributed by atoms with Crippen LogP contribution in [0.15, 0.2) is 24.3 Å². The van der Waals surface area contributed by atoms with E-state index in [1.807, 2.05) is 38.2 Å². The SMILES string of the molecule is Cc1ccc(OCCN(C)C(=O)[C@@H]2C[C@@H]2C)cc1. The minimum atomic E-state index is 0.259. The Morgan fingerprint density at radius 3 is 2.56 bits per heavy atom. The summed E-state index contributed by atoms with van der Waals surface area (Å²) in [7, 11) is 1.85. The summed E-state index contributed by atoms with van der Waals surface area (Å²) in [4.78, 5) is 13.7. The van der Waals surface area contributed by atoms with Gasteiger partial charge in [-0.1, -0.05) is 24.6 Å². The topological polar surface area (TPSA) is 29.5 Å². The second-order valence-corrected chi connectivity index (χ2v) is 5.24. The van der Waals surface area contributed by atoms with Gasteiger partial charge in [0, 0.05) is 13.0 Å². The van der Waals surface area contributed by atoms with Crippen molar-refractivity contribution in [3.05, 3.63) is 29.8 Å². The number of amides is 1. The highest BCUT2D eigenvalue weighted by molar-refractivity contribution is 5.81. The third-order valence-corrected chi connectivity index (χ3v) is 3.52. The fourth-order valence-electron chi connectivity index (χ4n) is 1.99. The number of aryl methyl sites for hydroxylation is 1. The number of carbonyl (C=O) groups is 1. The molecule has 1 aromatic rings. The van der Waals surface area contributed by atoms with E-state index in [4.69, 9.17) is 4.74 Å². The highest BCUT2D eigenvalue weighted by Gasteiger charge is 2.40. The first-order valence-corrected chi connectivity index (χ1v) is 6.52. The number of likely N-dealkylation sites (N-methyl/N-ethyl adjacent to an activating group) is 1. The molecule has 0 aliphatic heterocycles. The van der Waals surface area contributed by atoms with Crippen molar-refractivity contribution in [2.75, 3.05) is 20.2 Å². The Morgan fingerprint density at radius 2 is 2.00 bits per heavy atom. The number of hydrogen-bond donors (Lipinski definition) is 0. The van der Waals surface area contributed by atoms with Crippen LogP contribution in [0.4, 0.5) is 0 Å². The molecule has 0 heterocycles. The van der Waals surface area contributed by atoms with Crippen LogP contribution >= 0.6 is 0 Å². The van der Waals surface area contributed by atoms with Gasteiger partial charge < -0.3 is 9.64 Å². The van der Waals surface area contributed by atoms with E-state index in [9.17, 15) is 4.79 Å². The molecule has 1 saturated carbocycles. The first kappa shape index (κ1) is 12.9. The largest absolute Gasteiger partial charge is 0.492 e. The standard InChI is InChI=1S/C15H21NO2/c1-11-4-6-13(7-5-11)18-9-8-16(3)15(17)14-10-12(14)2/h4-7,12,14H,8-10H2,1-3H3/t12-,14+/m0/s1. The lowest BCUT2D eigenvalue weighted by molar-refractivity contribution is -0.131. The van der Waals surface area contributed by atoms with E-state index in [1.165, 1.54) is 5.56 Å². The van der Waals surface area contributed by atoms with Gasteiger partial charge in [0.25, 0.3) is 0 Å². The predicted molar refractivity (Wildman–Crippen MR) is 71.6 cm³/mol. The Hall–Kier alpha value is -1.51. The van der Waals surface area contributed by atoms with Gasteiger partial charge in [-0.3, -0.25) is 4.79 Å². The van der Waals surface area contributed by atoms with Gasteiger partial charge in [-0.05, 0) is 31.4 Å². The average Bonchev–Trinajstić information content (AvgIpc) is 3.08. The highest BCUT2D eigenvalue weighted by Crippen LogP contribution is 2.38. The molecule has 0 bridgehead atoms. The molecule has 0 aromatic heterocycles. The summed E-state index contributed by atoms with van der Waals surface area (Å²) >= 11 is 0. The minimum absolute atomic E-state index is 0.259. The van der Waals surface area contributed by atoms with E-state index in [1.54, 1.807) is 4.90 Å². The van der Waals surface area contributed by atoms with Crippen LogP contribution < -0.4 is 4.74 Å². The van der Waals surface area contributed by atoms with Crippen LogP contribution in [0.1, 0.15) is 18.9 Å². The van der Waals surface area contributed by atoms with Gasteiger partial charge in [-0.15, -0.1) is 0 Å². The normalized spacial score (nSPS) is 21.5. The zero-order valence-corrected chi connectivity index (χ0v) is 11.3. The number of nitrogens with zero attached hydrogens (tertiary/aromatic N) is 1. The first-order valence-electron chi connectivity index (χ1n) is 6.52. The van der Waals surface area contributed by atoms with Crippen molar-refractivity contribution < 1.29 is 9.53 Å². The Bertz CT molecular complexity index is 413. The number of carbonyl (C=O) groups excluding carboxylic acids is 1. The molecule has 3 nitrogen and oxygen atoms in total. The van der Waals surface area contributed by atoms with E-state index >= 15 is 0 Å². The summed E-state index contributed by atoms with van der Waals surface area (Å²) in [5.74, 6) is 1.95. The van der Waals surface area contributed by atoms with Crippen molar-refractivity contribution in [1.29, 1.82) is 0 Å². The van der Waals surface area contributed by atoms with Crippen LogP contribution in [-0.4, -0.2) is 31.0 Å². The molecule has 0 spiro atoms. The van der Waals surface area contributed by atoms with Crippen LogP contribution in [0.25, 0.3) is 0 Å². The monoisotopic (exact) mass is 247 g/mol. The van der Waals surface area contributed by atoms with Crippen molar-refractivity contribution in [3.63, 3.8) is 0 Å². The number of rotatable bonds is 5. The Balaban J connectivity index is 1.71. The maximum absolute atomic E-state index is 11.9. The number of hydrogen-bond acceptors (Lipinski definition) is 2. The molecule has 0 N–H and O–H groups in total. The van der Waals surface area contributed by atoms with E-state index in [-0.39, 0.29) is 11.8 Å². The van der Waals surface area contributed by atoms with Crippen molar-refractivity contribution in [1.82, 2.24) is 4.90 Å². The molecule has 98 valence electrons. The second kappa shape index (κ2) is 5.42. The van der Waals surface area contributed by atoms with Crippen LogP contribution in [0.5, 0.6) is 5.75 Å². The lowest BCUT2D eigenvalue weighted by atomic mass is 10.2. The molecule has 2 rings (SSSR count). The molecule has 2 atom stereocenters. The summed E-state index contributed by atoms with van der Waals surface area (Å²) in [6.45, 7) is 5.37. The van der Waals surface area contributed by atoms with E-state index in [0.717, 1.165) is 12.2 Å². The third kappa shape index (κ3) is 3.25. The van der Waals surface area contributed by atoms with Gasteiger partial charge >= 0.3 is 0 Å². The summed E-state index contributed by atoms with van der Waals surface area (Å²) in [5.41, 5.74) is 1.22. The molecule has 3 heteroatoms. The smallest absolute Gasteiger partial charge is 0.225 e. The van der Waals surface area contributed by atoms with E-state index in [0.29, 0.717) is 19.1 Å². The maximum atomic E-state index is 11.9. The molecule has 1 amide bonds. The Labute approximate surface area is 109 Å². The quantitative estimate of drug-likeness (QED) is 0.800. The summed E-state index contributed by atoms with van der Waals surface area (Å²) in [6, 6.07) is 7.96. The average molecular weight is 247 g/mol. The zero-order valence-electron chi connectivity index (χ0n) is 11.3. The molecular weight excluding hydrogens is 226 g/mol. The van der Waals surface area contributed by atoms with Gasteiger partial charge in [-0.2, -0.15) is 0 Å². The van der Waals surface area contributed by atoms with Gasteiger partial charge in [0.05, 0.1) is 6.54 Å². The van der Waals surface area contributed by atoms with Gasteiger partial charge in [0.1, 0.15) is 12.4 Å². The summed E-state index contributed by atoms with van der Waals surface area (Å²) in [5, 5.41) is 0. The summed E-state index contributed by atoms with van der Waals surface area (Å²) in [6.07, 6.45) is 1.04. The fourth-order valence-corrected chi connectivity index (χ4v) is 1.99. The lowest BCUT2D eigenvalue weighted by Gasteiger charge is -2.17. The lowest BCUT2D eigenvalue weighted by Crippen LogP contribution is -2.32. The van der Waals surface area contributed by atoms with Crippen molar-refractivity contribution >= 4 is 5.91 Å². The third-order valence-electron chi connectivity index (χ3n) is 3.52. The van der Waals surface area contributed by atoms with Gasteiger partial charge in [0.2, 0.25) is 5.91 Å². The highest BCUT2D eigenvalue weighted by atomic mass is 16.5. The van der Waals surface area contributed by atoms with Crippen molar-refractivity contribution in [2.24, 2.45) is 11.8 Å². The summed E-state index contributed by atoms with van der Waals surface area (Å²) < 4.78 is 5.61. The molecule has 0 saturated heterocycles. The van der Waals surface area contributed by atoms with Crippen LogP contribution in [0.3, 0.4) is 0 Å². The fraction of sp³-hybridized carbons (Fsp3) is 0.533. The molecule has 18 heavy (non-hydrogen) atoms. The first-order chi connectivity index (χ1) is 8.58. The molecular formula is C15H21NO2. The predicted octanol–water partition coefficient (Wildman–Crippen LogP) is 2.49. The molecule has 1 aliphatic carbocycles. The maximum Gasteiger partial charge on any atom is 0.225 e. The van der Waals surface area contributed by atoms with Gasteiger partial charge in [-0.25, -0.2) is 0 Å². The molecule has 0 radical (unpaired) electrons. The Morgan fingerprint density at radius 1 is 1.39 bits per heavy atom. The van der Waals surface area contributed by atoms with Crippen LogP contribution in [0.2, 0.25) is 0 Å². The molecule has 1 aromatic carbocycles. The van der Waals surface area contributed by atoms with Crippen LogP contribution in [0, 0.1) is 18.8 Å². The van der Waals surface area contributed by atoms with Crippen molar-refractivity contribution in [3.8, 4) is 5.75 Å². The Kier molecular flexibility index (Phi) is 3.90. The van der Waals surface area contributed by atoms with Crippen LogP contribution in [-0.2, 0) is 4.79 Å². The van der Waals surface area contributed by atoms with E-state index in [2.05, 4.69) is 6.92 Å². The number of ether oxygens (including phenoxy) is 1. The van der Waals surface area contributed by atoms with E-state index < -0.39 is 0 Å². The molecule has 0 unspecified atom stereocenters. The number of benzene rings is 1. The zero-order chi connectivity index (χ0) is 13.1. The van der Waals surface area contributed by atoms with Gasteiger partial charge in [0.15, 0.2) is 0 Å². The van der Waals surface area contributed by atoms with Crippen molar-refractivity contribution in [2.45, 2.75) is 20.3 Å². The molecule has 1 aliphatic rings. The second-order valence-electron chi connectivity index (χ2n) is 5.24.